The van der Waals surface area contributed by atoms with Crippen molar-refractivity contribution in [1.82, 2.24) is 9.88 Å². The van der Waals surface area contributed by atoms with Gasteiger partial charge >= 0.3 is 0 Å². The molecule has 0 unspecified atom stereocenters. The molecule has 2 heterocycles. The fourth-order valence-electron chi connectivity index (χ4n) is 3.83. The largest absolute Gasteiger partial charge is 0.379 e. The van der Waals surface area contributed by atoms with E-state index < -0.39 is 0 Å². The summed E-state index contributed by atoms with van der Waals surface area (Å²) in [5.74, 6) is -0.0378. The number of nitrogens with zero attached hydrogens (tertiary/aromatic N) is 3. The maximum absolute atomic E-state index is 13.6. The van der Waals surface area contributed by atoms with Crippen LogP contribution in [-0.4, -0.2) is 55.2 Å². The van der Waals surface area contributed by atoms with Crippen molar-refractivity contribution in [3.8, 4) is 0 Å². The van der Waals surface area contributed by atoms with Gasteiger partial charge in [-0.15, -0.1) is 12.4 Å². The molecule has 0 atom stereocenters. The van der Waals surface area contributed by atoms with E-state index >= 15 is 0 Å². The van der Waals surface area contributed by atoms with E-state index in [-0.39, 0.29) is 18.3 Å². The van der Waals surface area contributed by atoms with Gasteiger partial charge in [-0.2, -0.15) is 0 Å². The number of thiazole rings is 1. The molecule has 166 valence electrons. The van der Waals surface area contributed by atoms with Crippen LogP contribution in [0.3, 0.4) is 0 Å². The van der Waals surface area contributed by atoms with Crippen LogP contribution in [0.2, 0.25) is 5.02 Å². The Labute approximate surface area is 202 Å². The number of rotatable bonds is 5. The van der Waals surface area contributed by atoms with E-state index in [1.54, 1.807) is 4.90 Å². The van der Waals surface area contributed by atoms with Crippen LogP contribution in [0, 0.1) is 0 Å². The van der Waals surface area contributed by atoms with Crippen LogP contribution in [-0.2, 0) is 4.74 Å². The Morgan fingerprint density at radius 3 is 2.66 bits per heavy atom. The highest BCUT2D eigenvalue weighted by Crippen LogP contribution is 2.32. The summed E-state index contributed by atoms with van der Waals surface area (Å²) in [6.45, 7) is 4.58. The number of aromatic nitrogens is 1. The molecule has 1 saturated heterocycles. The van der Waals surface area contributed by atoms with Gasteiger partial charge in [0.05, 0.1) is 23.4 Å². The molecule has 4 aromatic rings. The van der Waals surface area contributed by atoms with Gasteiger partial charge in [0.1, 0.15) is 0 Å². The Morgan fingerprint density at radius 1 is 1.06 bits per heavy atom. The van der Waals surface area contributed by atoms with Crippen molar-refractivity contribution in [3.05, 3.63) is 71.2 Å². The number of carbonyl (C=O) groups excluding carboxylic acids is 1. The van der Waals surface area contributed by atoms with E-state index in [0.29, 0.717) is 22.3 Å². The third-order valence-corrected chi connectivity index (χ3v) is 6.83. The summed E-state index contributed by atoms with van der Waals surface area (Å²) in [5.41, 5.74) is 1.52. The highest BCUT2D eigenvalue weighted by atomic mass is 35.5. The molecule has 1 aliphatic rings. The van der Waals surface area contributed by atoms with Crippen molar-refractivity contribution >= 4 is 67.4 Å². The molecule has 1 aliphatic heterocycles. The van der Waals surface area contributed by atoms with Gasteiger partial charge in [0.2, 0.25) is 0 Å². The summed E-state index contributed by atoms with van der Waals surface area (Å²) in [5, 5.41) is 3.54. The number of fused-ring (bicyclic) bond motifs is 2. The predicted molar refractivity (Wildman–Crippen MR) is 135 cm³/mol. The number of amides is 1. The fourth-order valence-corrected chi connectivity index (χ4v) is 5.10. The van der Waals surface area contributed by atoms with Gasteiger partial charge in [-0.1, -0.05) is 53.3 Å². The Kier molecular flexibility index (Phi) is 7.28. The third-order valence-electron chi connectivity index (χ3n) is 5.56. The first-order valence-electron chi connectivity index (χ1n) is 10.3. The van der Waals surface area contributed by atoms with Crippen LogP contribution < -0.4 is 4.90 Å². The maximum Gasteiger partial charge on any atom is 0.260 e. The zero-order valence-electron chi connectivity index (χ0n) is 17.4. The molecule has 1 amide bonds. The molecule has 0 radical (unpaired) electrons. The number of anilines is 1. The lowest BCUT2D eigenvalue weighted by Crippen LogP contribution is -2.43. The third kappa shape index (κ3) is 4.90. The van der Waals surface area contributed by atoms with Gasteiger partial charge in [-0.3, -0.25) is 14.6 Å². The molecule has 1 fully saturated rings. The van der Waals surface area contributed by atoms with Crippen molar-refractivity contribution in [1.29, 1.82) is 0 Å². The van der Waals surface area contributed by atoms with Crippen LogP contribution >= 0.6 is 35.3 Å². The quantitative estimate of drug-likeness (QED) is 0.372. The SMILES string of the molecule is Cl.O=C(c1ccc2ccccc2c1)N(CCN1CCOCC1)c1nc2ccc(Cl)cc2s1. The zero-order chi connectivity index (χ0) is 21.2. The molecular formula is C24H23Cl2N3O2S. The maximum atomic E-state index is 13.6. The van der Waals surface area contributed by atoms with Crippen molar-refractivity contribution in [2.75, 3.05) is 44.3 Å². The second-order valence-electron chi connectivity index (χ2n) is 7.58. The summed E-state index contributed by atoms with van der Waals surface area (Å²) >= 11 is 7.66. The van der Waals surface area contributed by atoms with Crippen molar-refractivity contribution in [3.63, 3.8) is 0 Å². The number of hydrogen-bond donors (Lipinski definition) is 0. The highest BCUT2D eigenvalue weighted by Gasteiger charge is 2.23. The highest BCUT2D eigenvalue weighted by molar-refractivity contribution is 7.22. The average molecular weight is 488 g/mol. The minimum Gasteiger partial charge on any atom is -0.379 e. The Balaban J connectivity index is 0.00000245. The fraction of sp³-hybridized carbons (Fsp3) is 0.250. The van der Waals surface area contributed by atoms with E-state index in [1.807, 2.05) is 54.6 Å². The molecule has 0 spiro atoms. The van der Waals surface area contributed by atoms with Gasteiger partial charge in [-0.05, 0) is 41.1 Å². The summed E-state index contributed by atoms with van der Waals surface area (Å²) in [6, 6.07) is 19.6. The number of carbonyl (C=O) groups is 1. The van der Waals surface area contributed by atoms with Crippen molar-refractivity contribution < 1.29 is 9.53 Å². The Bertz CT molecular complexity index is 1240. The molecular weight excluding hydrogens is 465 g/mol. The van der Waals surface area contributed by atoms with Gasteiger partial charge in [0, 0.05) is 36.8 Å². The van der Waals surface area contributed by atoms with Crippen LogP contribution in [0.1, 0.15) is 10.4 Å². The molecule has 5 rings (SSSR count). The standard InChI is InChI=1S/C24H22ClN3O2S.ClH/c25-20-7-8-21-22(16-20)31-24(26-21)28(10-9-27-11-13-30-14-12-27)23(29)19-6-5-17-3-1-2-4-18(17)15-19;/h1-8,15-16H,9-14H2;1H. The summed E-state index contributed by atoms with van der Waals surface area (Å²) in [7, 11) is 0. The van der Waals surface area contributed by atoms with Crippen LogP contribution in [0.15, 0.2) is 60.7 Å². The van der Waals surface area contributed by atoms with E-state index in [2.05, 4.69) is 11.0 Å². The molecule has 8 heteroatoms. The topological polar surface area (TPSA) is 45.7 Å². The van der Waals surface area contributed by atoms with Crippen LogP contribution in [0.4, 0.5) is 5.13 Å². The molecule has 0 saturated carbocycles. The van der Waals surface area contributed by atoms with Crippen molar-refractivity contribution in [2.45, 2.75) is 0 Å². The Hall–Kier alpha value is -2.22. The van der Waals surface area contributed by atoms with E-state index in [1.165, 1.54) is 11.3 Å². The zero-order valence-corrected chi connectivity index (χ0v) is 19.8. The average Bonchev–Trinajstić information content (AvgIpc) is 3.22. The van der Waals surface area contributed by atoms with E-state index in [9.17, 15) is 4.79 Å². The van der Waals surface area contributed by atoms with Crippen LogP contribution in [0.5, 0.6) is 0 Å². The normalized spacial score (nSPS) is 14.4. The molecule has 1 aromatic heterocycles. The number of morpholine rings is 1. The predicted octanol–water partition coefficient (Wildman–Crippen LogP) is 5.50. The molecule has 3 aromatic carbocycles. The summed E-state index contributed by atoms with van der Waals surface area (Å²) in [6.07, 6.45) is 0. The van der Waals surface area contributed by atoms with Gasteiger partial charge in [0.25, 0.3) is 5.91 Å². The molecule has 0 N–H and O–H groups in total. The smallest absolute Gasteiger partial charge is 0.260 e. The van der Waals surface area contributed by atoms with Gasteiger partial charge in [-0.25, -0.2) is 4.98 Å². The van der Waals surface area contributed by atoms with Gasteiger partial charge in [0.15, 0.2) is 5.13 Å². The number of halogens is 2. The first-order chi connectivity index (χ1) is 15.2. The molecule has 0 bridgehead atoms. The van der Waals surface area contributed by atoms with Gasteiger partial charge < -0.3 is 4.74 Å². The second kappa shape index (κ2) is 10.1. The lowest BCUT2D eigenvalue weighted by Gasteiger charge is -2.29. The molecule has 0 aliphatic carbocycles. The second-order valence-corrected chi connectivity index (χ2v) is 9.03. The van der Waals surface area contributed by atoms with Crippen molar-refractivity contribution in [2.24, 2.45) is 0 Å². The summed E-state index contributed by atoms with van der Waals surface area (Å²) in [4.78, 5) is 22.5. The number of ether oxygens (including phenoxy) is 1. The number of hydrogen-bond acceptors (Lipinski definition) is 5. The number of benzene rings is 3. The first-order valence-corrected chi connectivity index (χ1v) is 11.5. The van der Waals surface area contributed by atoms with E-state index in [4.69, 9.17) is 21.3 Å². The van der Waals surface area contributed by atoms with Crippen LogP contribution in [0.25, 0.3) is 21.0 Å². The minimum absolute atomic E-state index is 0. The molecule has 5 nitrogen and oxygen atoms in total. The Morgan fingerprint density at radius 2 is 1.84 bits per heavy atom. The monoisotopic (exact) mass is 487 g/mol. The lowest BCUT2D eigenvalue weighted by molar-refractivity contribution is 0.0391. The lowest BCUT2D eigenvalue weighted by atomic mass is 10.1. The molecule has 32 heavy (non-hydrogen) atoms. The summed E-state index contributed by atoms with van der Waals surface area (Å²) < 4.78 is 6.43. The van der Waals surface area contributed by atoms with E-state index in [0.717, 1.165) is 53.8 Å². The first kappa shape index (κ1) is 23.0. The minimum atomic E-state index is -0.0378.